The van der Waals surface area contributed by atoms with Crippen molar-refractivity contribution in [3.8, 4) is 5.69 Å². The predicted molar refractivity (Wildman–Crippen MR) is 80.2 cm³/mol. The van der Waals surface area contributed by atoms with E-state index in [1.54, 1.807) is 17.2 Å². The molecule has 108 valence electrons. The van der Waals surface area contributed by atoms with Gasteiger partial charge in [0.2, 0.25) is 0 Å². The number of benzene rings is 1. The number of aliphatic hydroxyl groups excluding tert-OH is 1. The fourth-order valence-corrected chi connectivity index (χ4v) is 2.17. The van der Waals surface area contributed by atoms with Crippen LogP contribution in [-0.2, 0) is 13.1 Å². The van der Waals surface area contributed by atoms with Crippen LogP contribution in [0.25, 0.3) is 5.69 Å². The molecule has 6 nitrogen and oxygen atoms in total. The first kappa shape index (κ1) is 13.4. The van der Waals surface area contributed by atoms with Crippen LogP contribution >= 0.6 is 0 Å². The summed E-state index contributed by atoms with van der Waals surface area (Å²) in [6.45, 7) is 1.29. The molecule has 3 aromatic rings. The van der Waals surface area contributed by atoms with E-state index in [2.05, 4.69) is 15.4 Å². The smallest absolute Gasteiger partial charge is 0.0992 e. The van der Waals surface area contributed by atoms with E-state index in [1.165, 1.54) is 0 Å². The van der Waals surface area contributed by atoms with Crippen LogP contribution in [0.2, 0.25) is 0 Å². The fraction of sp³-hybridized carbons (Fsp3) is 0.200. The normalized spacial score (nSPS) is 10.7. The van der Waals surface area contributed by atoms with Gasteiger partial charge in [0.05, 0.1) is 37.1 Å². The quantitative estimate of drug-likeness (QED) is 0.722. The highest BCUT2D eigenvalue weighted by Crippen LogP contribution is 2.20. The molecule has 0 fully saturated rings. The van der Waals surface area contributed by atoms with Gasteiger partial charge in [0.25, 0.3) is 0 Å². The lowest BCUT2D eigenvalue weighted by molar-refractivity contribution is 0.269. The second-order valence-corrected chi connectivity index (χ2v) is 4.68. The van der Waals surface area contributed by atoms with Crippen molar-refractivity contribution in [3.63, 3.8) is 0 Å². The molecule has 0 aliphatic rings. The van der Waals surface area contributed by atoms with Crippen molar-refractivity contribution in [3.05, 3.63) is 60.9 Å². The first-order chi connectivity index (χ1) is 10.4. The van der Waals surface area contributed by atoms with Crippen LogP contribution in [0.15, 0.2) is 55.4 Å². The van der Waals surface area contributed by atoms with Crippen LogP contribution in [0.3, 0.4) is 0 Å². The Morgan fingerprint density at radius 2 is 2.14 bits per heavy atom. The highest BCUT2D eigenvalue weighted by Gasteiger charge is 2.04. The molecule has 0 aliphatic heterocycles. The van der Waals surface area contributed by atoms with Gasteiger partial charge < -0.3 is 15.0 Å². The molecule has 0 saturated carbocycles. The maximum Gasteiger partial charge on any atom is 0.0992 e. The molecule has 21 heavy (non-hydrogen) atoms. The molecular formula is C15H17N5O. The van der Waals surface area contributed by atoms with Gasteiger partial charge in [-0.1, -0.05) is 12.1 Å². The summed E-state index contributed by atoms with van der Waals surface area (Å²) >= 11 is 0. The number of nitrogens with zero attached hydrogens (tertiary/aromatic N) is 4. The molecule has 0 atom stereocenters. The van der Waals surface area contributed by atoms with E-state index in [0.717, 1.165) is 16.9 Å². The molecule has 3 rings (SSSR count). The van der Waals surface area contributed by atoms with E-state index >= 15 is 0 Å². The van der Waals surface area contributed by atoms with E-state index in [9.17, 15) is 0 Å². The second kappa shape index (κ2) is 6.23. The molecule has 0 spiro atoms. The van der Waals surface area contributed by atoms with E-state index in [-0.39, 0.29) is 6.61 Å². The minimum Gasteiger partial charge on any atom is -0.394 e. The zero-order valence-corrected chi connectivity index (χ0v) is 11.6. The highest BCUT2D eigenvalue weighted by atomic mass is 16.3. The average molecular weight is 283 g/mol. The van der Waals surface area contributed by atoms with Gasteiger partial charge >= 0.3 is 0 Å². The summed E-state index contributed by atoms with van der Waals surface area (Å²) in [7, 11) is 0. The number of rotatable bonds is 6. The number of para-hydroxylation sites is 2. The Morgan fingerprint density at radius 1 is 1.24 bits per heavy atom. The van der Waals surface area contributed by atoms with E-state index in [1.807, 2.05) is 47.4 Å². The molecular weight excluding hydrogens is 266 g/mol. The van der Waals surface area contributed by atoms with Gasteiger partial charge in [0.1, 0.15) is 0 Å². The zero-order chi connectivity index (χ0) is 14.5. The van der Waals surface area contributed by atoms with Crippen molar-refractivity contribution in [2.24, 2.45) is 0 Å². The molecule has 1 aromatic carbocycles. The maximum atomic E-state index is 8.89. The first-order valence-electron chi connectivity index (χ1n) is 6.80. The Bertz CT molecular complexity index is 690. The van der Waals surface area contributed by atoms with Crippen molar-refractivity contribution in [2.45, 2.75) is 13.1 Å². The number of anilines is 1. The third-order valence-electron chi connectivity index (χ3n) is 3.19. The van der Waals surface area contributed by atoms with Crippen molar-refractivity contribution in [2.75, 3.05) is 11.9 Å². The van der Waals surface area contributed by atoms with E-state index in [4.69, 9.17) is 5.11 Å². The number of hydrogen-bond acceptors (Lipinski definition) is 4. The monoisotopic (exact) mass is 283 g/mol. The predicted octanol–water partition coefficient (Wildman–Crippen LogP) is 1.67. The molecule has 0 amide bonds. The Balaban J connectivity index is 1.73. The topological polar surface area (TPSA) is 67.9 Å². The lowest BCUT2D eigenvalue weighted by Crippen LogP contribution is -2.04. The third kappa shape index (κ3) is 3.11. The Kier molecular flexibility index (Phi) is 3.97. The molecule has 0 saturated heterocycles. The van der Waals surface area contributed by atoms with Crippen LogP contribution in [0.4, 0.5) is 5.69 Å². The average Bonchev–Trinajstić information content (AvgIpc) is 3.17. The number of hydrogen-bond donors (Lipinski definition) is 2. The van der Waals surface area contributed by atoms with Crippen molar-refractivity contribution in [1.82, 2.24) is 19.3 Å². The molecule has 2 aromatic heterocycles. The third-order valence-corrected chi connectivity index (χ3v) is 3.19. The van der Waals surface area contributed by atoms with Gasteiger partial charge in [-0.2, -0.15) is 5.10 Å². The van der Waals surface area contributed by atoms with Gasteiger partial charge in [-0.15, -0.1) is 0 Å². The standard InChI is InChI=1S/C15H17N5O/c21-8-7-20-11-13(10-18-20)9-17-14-3-1-2-4-15(14)19-6-5-16-12-19/h1-6,10-12,17,21H,7-9H2. The van der Waals surface area contributed by atoms with Crippen LogP contribution in [0.1, 0.15) is 5.56 Å². The van der Waals surface area contributed by atoms with Gasteiger partial charge in [0, 0.05) is 30.7 Å². The number of aliphatic hydroxyl groups is 1. The van der Waals surface area contributed by atoms with Crippen LogP contribution in [0, 0.1) is 0 Å². The number of imidazole rings is 1. The lowest BCUT2D eigenvalue weighted by Gasteiger charge is -2.11. The Hall–Kier alpha value is -2.60. The van der Waals surface area contributed by atoms with Gasteiger partial charge in [-0.25, -0.2) is 4.98 Å². The summed E-state index contributed by atoms with van der Waals surface area (Å²) in [5.41, 5.74) is 3.16. The molecule has 2 heterocycles. The highest BCUT2D eigenvalue weighted by molar-refractivity contribution is 5.61. The summed E-state index contributed by atoms with van der Waals surface area (Å²) in [4.78, 5) is 4.08. The lowest BCUT2D eigenvalue weighted by atomic mass is 10.2. The minimum atomic E-state index is 0.0952. The van der Waals surface area contributed by atoms with Gasteiger partial charge in [-0.3, -0.25) is 4.68 Å². The summed E-state index contributed by atoms with van der Waals surface area (Å²) in [6.07, 6.45) is 9.20. The summed E-state index contributed by atoms with van der Waals surface area (Å²) < 4.78 is 3.70. The maximum absolute atomic E-state index is 8.89. The SMILES string of the molecule is OCCn1cc(CNc2ccccc2-n2ccnc2)cn1. The molecule has 0 radical (unpaired) electrons. The number of aromatic nitrogens is 4. The molecule has 0 unspecified atom stereocenters. The number of nitrogens with one attached hydrogen (secondary N) is 1. The molecule has 0 bridgehead atoms. The first-order valence-corrected chi connectivity index (χ1v) is 6.80. The largest absolute Gasteiger partial charge is 0.394 e. The Labute approximate surface area is 122 Å². The Morgan fingerprint density at radius 3 is 2.95 bits per heavy atom. The summed E-state index contributed by atoms with van der Waals surface area (Å²) in [5.74, 6) is 0. The van der Waals surface area contributed by atoms with Crippen LogP contribution in [0.5, 0.6) is 0 Å². The zero-order valence-electron chi connectivity index (χ0n) is 11.6. The van der Waals surface area contributed by atoms with Crippen molar-refractivity contribution < 1.29 is 5.11 Å². The summed E-state index contributed by atoms with van der Waals surface area (Å²) in [5, 5.41) is 16.5. The van der Waals surface area contributed by atoms with Crippen LogP contribution < -0.4 is 5.32 Å². The second-order valence-electron chi connectivity index (χ2n) is 4.68. The van der Waals surface area contributed by atoms with E-state index in [0.29, 0.717) is 13.1 Å². The van der Waals surface area contributed by atoms with Gasteiger partial charge in [0.15, 0.2) is 0 Å². The molecule has 6 heteroatoms. The minimum absolute atomic E-state index is 0.0952. The van der Waals surface area contributed by atoms with Crippen molar-refractivity contribution in [1.29, 1.82) is 0 Å². The van der Waals surface area contributed by atoms with Gasteiger partial charge in [-0.05, 0) is 12.1 Å². The molecule has 2 N–H and O–H groups in total. The fourth-order valence-electron chi connectivity index (χ4n) is 2.17. The summed E-state index contributed by atoms with van der Waals surface area (Å²) in [6, 6.07) is 8.07. The van der Waals surface area contributed by atoms with Crippen LogP contribution in [-0.4, -0.2) is 31.0 Å². The van der Waals surface area contributed by atoms with Crippen molar-refractivity contribution >= 4 is 5.69 Å². The van der Waals surface area contributed by atoms with E-state index < -0.39 is 0 Å². The molecule has 0 aliphatic carbocycles.